The van der Waals surface area contributed by atoms with Gasteiger partial charge in [-0.3, -0.25) is 4.79 Å². The number of aromatic nitrogens is 2. The Balaban J connectivity index is 2.08. The SMILES string of the molecule is COCCNC(=O)c1cc(Nc2cccc(C#N)c2)ncn1. The Kier molecular flexibility index (Phi) is 5.40. The number of hydrogen-bond acceptors (Lipinski definition) is 6. The Labute approximate surface area is 128 Å². The quantitative estimate of drug-likeness (QED) is 0.783. The van der Waals surface area contributed by atoms with Gasteiger partial charge in [0.15, 0.2) is 0 Å². The first-order chi connectivity index (χ1) is 10.7. The van der Waals surface area contributed by atoms with Crippen molar-refractivity contribution in [2.24, 2.45) is 0 Å². The molecule has 0 atom stereocenters. The number of rotatable bonds is 6. The number of carbonyl (C=O) groups is 1. The Hall–Kier alpha value is -2.98. The van der Waals surface area contributed by atoms with Crippen molar-refractivity contribution in [2.45, 2.75) is 0 Å². The molecule has 7 heteroatoms. The normalized spacial score (nSPS) is 9.82. The lowest BCUT2D eigenvalue weighted by Crippen LogP contribution is -2.27. The third-order valence-corrected chi connectivity index (χ3v) is 2.76. The third kappa shape index (κ3) is 4.26. The zero-order valence-electron chi connectivity index (χ0n) is 12.0. The topological polar surface area (TPSA) is 99.9 Å². The van der Waals surface area contributed by atoms with Gasteiger partial charge in [-0.25, -0.2) is 9.97 Å². The summed E-state index contributed by atoms with van der Waals surface area (Å²) in [6.45, 7) is 0.842. The Morgan fingerprint density at radius 2 is 2.23 bits per heavy atom. The molecule has 0 saturated heterocycles. The Morgan fingerprint density at radius 1 is 1.36 bits per heavy atom. The summed E-state index contributed by atoms with van der Waals surface area (Å²) in [5, 5.41) is 14.6. The number of nitrogens with one attached hydrogen (secondary N) is 2. The fourth-order valence-electron chi connectivity index (χ4n) is 1.72. The number of hydrogen-bond donors (Lipinski definition) is 2. The van der Waals surface area contributed by atoms with E-state index in [-0.39, 0.29) is 11.6 Å². The Morgan fingerprint density at radius 3 is 3.00 bits per heavy atom. The van der Waals surface area contributed by atoms with Crippen LogP contribution in [0, 0.1) is 11.3 Å². The van der Waals surface area contributed by atoms with Crippen LogP contribution in [0.2, 0.25) is 0 Å². The van der Waals surface area contributed by atoms with E-state index in [2.05, 4.69) is 26.7 Å². The molecule has 0 aliphatic rings. The van der Waals surface area contributed by atoms with Crippen LogP contribution in [0.25, 0.3) is 0 Å². The molecule has 0 saturated carbocycles. The lowest BCUT2D eigenvalue weighted by atomic mass is 10.2. The third-order valence-electron chi connectivity index (χ3n) is 2.76. The standard InChI is InChI=1S/C15H15N5O2/c1-22-6-5-17-15(21)13-8-14(19-10-18-13)20-12-4-2-3-11(7-12)9-16/h2-4,7-8,10H,5-6H2,1H3,(H,17,21)(H,18,19,20). The van der Waals surface area contributed by atoms with Gasteiger partial charge in [-0.2, -0.15) is 5.26 Å². The maximum atomic E-state index is 11.9. The van der Waals surface area contributed by atoms with Crippen LogP contribution in [-0.2, 0) is 4.74 Å². The summed E-state index contributed by atoms with van der Waals surface area (Å²) in [6.07, 6.45) is 1.31. The largest absolute Gasteiger partial charge is 0.383 e. The van der Waals surface area contributed by atoms with Gasteiger partial charge in [0.1, 0.15) is 17.8 Å². The molecule has 2 aromatic rings. The first-order valence-electron chi connectivity index (χ1n) is 6.59. The molecule has 1 amide bonds. The summed E-state index contributed by atoms with van der Waals surface area (Å²) in [7, 11) is 1.56. The molecule has 112 valence electrons. The van der Waals surface area contributed by atoms with Gasteiger partial charge in [0.2, 0.25) is 0 Å². The summed E-state index contributed by atoms with van der Waals surface area (Å²) < 4.78 is 4.87. The van der Waals surface area contributed by atoms with E-state index in [0.717, 1.165) is 0 Å². The molecule has 0 unspecified atom stereocenters. The monoisotopic (exact) mass is 297 g/mol. The number of anilines is 2. The van der Waals surface area contributed by atoms with E-state index in [9.17, 15) is 4.79 Å². The molecule has 2 N–H and O–H groups in total. The molecule has 0 bridgehead atoms. The van der Waals surface area contributed by atoms with Gasteiger partial charge in [-0.05, 0) is 18.2 Å². The lowest BCUT2D eigenvalue weighted by molar-refractivity contribution is 0.0932. The average molecular weight is 297 g/mol. The van der Waals surface area contributed by atoms with Gasteiger partial charge in [0.25, 0.3) is 5.91 Å². The lowest BCUT2D eigenvalue weighted by Gasteiger charge is -2.07. The molecule has 0 spiro atoms. The van der Waals surface area contributed by atoms with E-state index < -0.39 is 0 Å². The molecule has 0 radical (unpaired) electrons. The fraction of sp³-hybridized carbons (Fsp3) is 0.200. The summed E-state index contributed by atoms with van der Waals surface area (Å²) in [4.78, 5) is 19.9. The molecular formula is C15H15N5O2. The van der Waals surface area contributed by atoms with Crippen LogP contribution in [0.1, 0.15) is 16.1 Å². The van der Waals surface area contributed by atoms with E-state index in [1.807, 2.05) is 0 Å². The smallest absolute Gasteiger partial charge is 0.270 e. The summed E-state index contributed by atoms with van der Waals surface area (Å²) in [5.41, 5.74) is 1.50. The van der Waals surface area contributed by atoms with Crippen LogP contribution in [0.5, 0.6) is 0 Å². The van der Waals surface area contributed by atoms with Crippen molar-refractivity contribution >= 4 is 17.4 Å². The van der Waals surface area contributed by atoms with Crippen LogP contribution in [0.15, 0.2) is 36.7 Å². The highest BCUT2D eigenvalue weighted by atomic mass is 16.5. The van der Waals surface area contributed by atoms with Crippen molar-refractivity contribution in [1.29, 1.82) is 5.26 Å². The van der Waals surface area contributed by atoms with E-state index in [1.54, 1.807) is 37.4 Å². The number of methoxy groups -OCH3 is 1. The van der Waals surface area contributed by atoms with Crippen molar-refractivity contribution in [3.8, 4) is 6.07 Å². The number of ether oxygens (including phenoxy) is 1. The first-order valence-corrected chi connectivity index (χ1v) is 6.59. The highest BCUT2D eigenvalue weighted by Gasteiger charge is 2.08. The minimum atomic E-state index is -0.298. The van der Waals surface area contributed by atoms with Crippen molar-refractivity contribution in [2.75, 3.05) is 25.6 Å². The van der Waals surface area contributed by atoms with Crippen LogP contribution < -0.4 is 10.6 Å². The maximum Gasteiger partial charge on any atom is 0.270 e. The zero-order chi connectivity index (χ0) is 15.8. The van der Waals surface area contributed by atoms with Crippen LogP contribution in [0.3, 0.4) is 0 Å². The molecule has 0 aliphatic carbocycles. The number of carbonyl (C=O) groups excluding carboxylic acids is 1. The second-order valence-corrected chi connectivity index (χ2v) is 4.35. The van der Waals surface area contributed by atoms with Gasteiger partial charge < -0.3 is 15.4 Å². The summed E-state index contributed by atoms with van der Waals surface area (Å²) >= 11 is 0. The van der Waals surface area contributed by atoms with E-state index in [0.29, 0.717) is 30.2 Å². The van der Waals surface area contributed by atoms with Gasteiger partial charge in [-0.15, -0.1) is 0 Å². The number of nitrogens with zero attached hydrogens (tertiary/aromatic N) is 3. The predicted octanol–water partition coefficient (Wildman–Crippen LogP) is 1.47. The van der Waals surface area contributed by atoms with Crippen LogP contribution >= 0.6 is 0 Å². The van der Waals surface area contributed by atoms with Crippen LogP contribution in [-0.4, -0.2) is 36.1 Å². The van der Waals surface area contributed by atoms with E-state index >= 15 is 0 Å². The number of nitriles is 1. The predicted molar refractivity (Wildman–Crippen MR) is 80.7 cm³/mol. The highest BCUT2D eigenvalue weighted by Crippen LogP contribution is 2.15. The molecule has 1 aromatic carbocycles. The van der Waals surface area contributed by atoms with Crippen molar-refractivity contribution in [1.82, 2.24) is 15.3 Å². The number of benzene rings is 1. The van der Waals surface area contributed by atoms with Gasteiger partial charge in [0, 0.05) is 25.4 Å². The minimum absolute atomic E-state index is 0.255. The van der Waals surface area contributed by atoms with Crippen LogP contribution in [0.4, 0.5) is 11.5 Å². The van der Waals surface area contributed by atoms with E-state index in [4.69, 9.17) is 10.00 Å². The van der Waals surface area contributed by atoms with Crippen molar-refractivity contribution in [3.05, 3.63) is 47.9 Å². The second-order valence-electron chi connectivity index (χ2n) is 4.35. The Bertz CT molecular complexity index is 696. The molecule has 0 aliphatic heterocycles. The molecular weight excluding hydrogens is 282 g/mol. The van der Waals surface area contributed by atoms with Gasteiger partial charge in [0.05, 0.1) is 18.2 Å². The molecule has 22 heavy (non-hydrogen) atoms. The summed E-state index contributed by atoms with van der Waals surface area (Å²) in [5.74, 6) is 0.176. The van der Waals surface area contributed by atoms with Crippen molar-refractivity contribution in [3.63, 3.8) is 0 Å². The molecule has 1 aromatic heterocycles. The molecule has 1 heterocycles. The van der Waals surface area contributed by atoms with Gasteiger partial charge in [-0.1, -0.05) is 6.07 Å². The highest BCUT2D eigenvalue weighted by molar-refractivity contribution is 5.92. The fourth-order valence-corrected chi connectivity index (χ4v) is 1.72. The summed E-state index contributed by atoms with van der Waals surface area (Å²) in [6, 6.07) is 10.6. The first kappa shape index (κ1) is 15.4. The van der Waals surface area contributed by atoms with E-state index in [1.165, 1.54) is 6.33 Å². The number of amides is 1. The average Bonchev–Trinajstić information content (AvgIpc) is 2.55. The zero-order valence-corrected chi connectivity index (χ0v) is 12.0. The molecule has 7 nitrogen and oxygen atoms in total. The molecule has 2 rings (SSSR count). The maximum absolute atomic E-state index is 11.9. The molecule has 0 fully saturated rings. The van der Waals surface area contributed by atoms with Gasteiger partial charge >= 0.3 is 0 Å². The minimum Gasteiger partial charge on any atom is -0.383 e. The van der Waals surface area contributed by atoms with Crippen molar-refractivity contribution < 1.29 is 9.53 Å². The second kappa shape index (κ2) is 7.71.